The number of hydrogen-bond donors (Lipinski definition) is 1. The minimum atomic E-state index is -2.16. The number of para-hydroxylation sites is 1. The van der Waals surface area contributed by atoms with E-state index in [-0.39, 0.29) is 30.6 Å². The van der Waals surface area contributed by atoms with Gasteiger partial charge in [-0.3, -0.25) is 9.69 Å². The van der Waals surface area contributed by atoms with Crippen LogP contribution in [0, 0.1) is 0 Å². The van der Waals surface area contributed by atoms with Crippen molar-refractivity contribution in [3.8, 4) is 0 Å². The molecule has 1 aromatic heterocycles. The van der Waals surface area contributed by atoms with Gasteiger partial charge in [0.1, 0.15) is 6.67 Å². The predicted molar refractivity (Wildman–Crippen MR) is 94.6 cm³/mol. The lowest BCUT2D eigenvalue weighted by molar-refractivity contribution is -0.0670. The molecule has 0 saturated carbocycles. The van der Waals surface area contributed by atoms with Gasteiger partial charge in [0.05, 0.1) is 25.3 Å². The summed E-state index contributed by atoms with van der Waals surface area (Å²) < 4.78 is 43.5. The highest BCUT2D eigenvalue weighted by Gasteiger charge is 2.37. The van der Waals surface area contributed by atoms with Crippen LogP contribution in [0.4, 0.5) is 4.39 Å². The average molecular weight is 348 g/mol. The monoisotopic (exact) mass is 348 g/mol. The third-order valence-electron chi connectivity index (χ3n) is 5.21. The van der Waals surface area contributed by atoms with Crippen molar-refractivity contribution < 1.29 is 18.0 Å². The quantitative estimate of drug-likeness (QED) is 0.921. The maximum absolute atomic E-state index is 13.0. The van der Waals surface area contributed by atoms with Crippen LogP contribution in [0.3, 0.4) is 0 Å². The first-order chi connectivity index (χ1) is 13.4. The van der Waals surface area contributed by atoms with Gasteiger partial charge in [-0.2, -0.15) is 0 Å². The van der Waals surface area contributed by atoms with Crippen molar-refractivity contribution in [2.75, 3.05) is 26.9 Å². The number of benzene rings is 1. The minimum absolute atomic E-state index is 0.117. The van der Waals surface area contributed by atoms with Gasteiger partial charge in [-0.15, -0.1) is 0 Å². The Morgan fingerprint density at radius 2 is 2.12 bits per heavy atom. The van der Waals surface area contributed by atoms with E-state index < -0.39 is 13.7 Å². The van der Waals surface area contributed by atoms with Crippen LogP contribution in [0.2, 0.25) is 0 Å². The van der Waals surface area contributed by atoms with E-state index in [1.54, 1.807) is 15.7 Å². The Labute approximate surface area is 151 Å². The van der Waals surface area contributed by atoms with E-state index in [1.165, 1.54) is 0 Å². The van der Waals surface area contributed by atoms with Gasteiger partial charge >= 0.3 is 0 Å². The average Bonchev–Trinajstić information content (AvgIpc) is 2.99. The van der Waals surface area contributed by atoms with Gasteiger partial charge in [0.2, 0.25) is 0 Å². The summed E-state index contributed by atoms with van der Waals surface area (Å²) >= 11 is 0. The van der Waals surface area contributed by atoms with Crippen LogP contribution >= 0.6 is 0 Å². The summed E-state index contributed by atoms with van der Waals surface area (Å²) in [6, 6.07) is 6.86. The maximum Gasteiger partial charge on any atom is 0.253 e. The fourth-order valence-electron chi connectivity index (χ4n) is 4.00. The number of aryl methyl sites for hydroxylation is 1. The van der Waals surface area contributed by atoms with E-state index in [1.807, 2.05) is 24.3 Å². The summed E-state index contributed by atoms with van der Waals surface area (Å²) in [7, 11) is 0. The van der Waals surface area contributed by atoms with Crippen molar-refractivity contribution in [3.63, 3.8) is 0 Å². The molecule has 5 nitrogen and oxygen atoms in total. The Bertz CT molecular complexity index is 856. The van der Waals surface area contributed by atoms with Crippen LogP contribution in [0.15, 0.2) is 30.5 Å². The number of amides is 1. The van der Waals surface area contributed by atoms with Crippen molar-refractivity contribution in [1.29, 1.82) is 0 Å². The lowest BCUT2D eigenvalue weighted by Crippen LogP contribution is -2.59. The minimum Gasteiger partial charge on any atom is -0.378 e. The molecule has 2 aromatic rings. The molecule has 1 N–H and O–H groups in total. The number of likely N-dealkylation sites (N-methyl/N-ethyl adjacent to an activating group) is 1. The lowest BCUT2D eigenvalue weighted by atomic mass is 9.90. The Morgan fingerprint density at radius 3 is 2.84 bits per heavy atom. The molecule has 2 saturated heterocycles. The van der Waals surface area contributed by atoms with E-state index >= 15 is 0 Å². The van der Waals surface area contributed by atoms with Gasteiger partial charge in [-0.25, -0.2) is 4.39 Å². The first kappa shape index (κ1) is 13.3. The van der Waals surface area contributed by atoms with E-state index in [0.29, 0.717) is 31.6 Å². The lowest BCUT2D eigenvalue weighted by Gasteiger charge is -2.46. The first-order valence-electron chi connectivity index (χ1n) is 10.2. The van der Waals surface area contributed by atoms with Crippen molar-refractivity contribution in [3.05, 3.63) is 36.0 Å². The number of halogens is 1. The maximum atomic E-state index is 13.0. The number of fused-ring (bicyclic) bond motifs is 3. The number of nitrogens with one attached hydrogen (secondary N) is 1. The summed E-state index contributed by atoms with van der Waals surface area (Å²) in [5.41, 5.74) is 1.34. The fraction of sp³-hybridized carbons (Fsp3) is 0.526. The number of piperidine rings is 1. The van der Waals surface area contributed by atoms with E-state index in [0.717, 1.165) is 10.9 Å². The molecule has 0 radical (unpaired) electrons. The van der Waals surface area contributed by atoms with Gasteiger partial charge in [-0.05, 0) is 25.9 Å². The van der Waals surface area contributed by atoms with E-state index in [4.69, 9.17) is 8.85 Å². The smallest absolute Gasteiger partial charge is 0.253 e. The number of carbonyl (C=O) groups is 1. The first-order valence-corrected chi connectivity index (χ1v) is 8.69. The zero-order valence-electron chi connectivity index (χ0n) is 17.0. The summed E-state index contributed by atoms with van der Waals surface area (Å²) in [5, 5.41) is 3.86. The van der Waals surface area contributed by atoms with Crippen LogP contribution in [-0.2, 0) is 11.3 Å². The second kappa shape index (κ2) is 6.77. The normalized spacial score (nSPS) is 29.0. The topological polar surface area (TPSA) is 46.5 Å². The molecule has 0 aliphatic carbocycles. The third-order valence-corrected chi connectivity index (χ3v) is 5.21. The number of rotatable bonds is 4. The molecular weight excluding hydrogens is 321 g/mol. The summed E-state index contributed by atoms with van der Waals surface area (Å²) in [5.74, 6) is -0.208. The molecule has 1 amide bonds. The molecule has 6 heteroatoms. The number of morpholine rings is 1. The summed E-state index contributed by atoms with van der Waals surface area (Å²) in [6.07, 6.45) is 2.76. The summed E-state index contributed by atoms with van der Waals surface area (Å²) in [6.45, 7) is -1.75. The number of carbonyl (C=O) groups excluding carboxylic acids is 1. The molecule has 0 spiro atoms. The molecule has 3 atom stereocenters. The molecular formula is C19H24FN3O2. The van der Waals surface area contributed by atoms with Crippen LogP contribution in [0.25, 0.3) is 10.9 Å². The number of alkyl halides is 1. The predicted octanol–water partition coefficient (Wildman–Crippen LogP) is 2.20. The van der Waals surface area contributed by atoms with Gasteiger partial charge in [0.15, 0.2) is 0 Å². The molecule has 134 valence electrons. The molecule has 1 aromatic carbocycles. The zero-order valence-corrected chi connectivity index (χ0v) is 14.0. The molecule has 1 unspecified atom stereocenters. The SMILES string of the molecule is [2H]C([2H])([2H])N1[C@@H]2COC[C@H]1CC(NC(=O)c1cn(CCF)c3ccccc13)C2. The largest absolute Gasteiger partial charge is 0.378 e. The number of nitrogens with zero attached hydrogens (tertiary/aromatic N) is 2. The molecule has 2 bridgehead atoms. The molecule has 25 heavy (non-hydrogen) atoms. The molecule has 2 fully saturated rings. The van der Waals surface area contributed by atoms with E-state index in [9.17, 15) is 9.18 Å². The molecule has 3 heterocycles. The second-order valence-electron chi connectivity index (χ2n) is 6.84. The Balaban J connectivity index is 1.53. The van der Waals surface area contributed by atoms with Crippen LogP contribution < -0.4 is 5.32 Å². The van der Waals surface area contributed by atoms with Gasteiger partial charge < -0.3 is 14.6 Å². The summed E-state index contributed by atoms with van der Waals surface area (Å²) in [4.78, 5) is 14.5. The second-order valence-corrected chi connectivity index (χ2v) is 6.84. The third kappa shape index (κ3) is 3.04. The highest BCUT2D eigenvalue weighted by atomic mass is 19.1. The molecule has 2 aliphatic rings. The molecule has 2 aliphatic heterocycles. The van der Waals surface area contributed by atoms with Crippen molar-refractivity contribution in [1.82, 2.24) is 14.8 Å². The highest BCUT2D eigenvalue weighted by molar-refractivity contribution is 6.07. The number of ether oxygens (including phenoxy) is 1. The van der Waals surface area contributed by atoms with Crippen molar-refractivity contribution in [2.45, 2.75) is 37.5 Å². The van der Waals surface area contributed by atoms with Crippen LogP contribution in [-0.4, -0.2) is 60.4 Å². The van der Waals surface area contributed by atoms with Crippen molar-refractivity contribution >= 4 is 16.8 Å². The van der Waals surface area contributed by atoms with Crippen LogP contribution in [0.5, 0.6) is 0 Å². The Kier molecular flexibility index (Phi) is 3.60. The standard InChI is InChI=1S/C19H24FN3O2/c1-22-14-8-13(9-15(22)12-25-11-14)21-19(24)17-10-23(7-6-20)18-5-3-2-4-16(17)18/h2-5,10,13-15H,6-9,11-12H2,1H3,(H,21,24)/t13?,14-,15+/i1D3. The van der Waals surface area contributed by atoms with Crippen LogP contribution in [0.1, 0.15) is 27.3 Å². The van der Waals surface area contributed by atoms with Gasteiger partial charge in [-0.1, -0.05) is 18.2 Å². The number of aromatic nitrogens is 1. The van der Waals surface area contributed by atoms with Crippen molar-refractivity contribution in [2.24, 2.45) is 0 Å². The number of hydrogen-bond acceptors (Lipinski definition) is 3. The fourth-order valence-corrected chi connectivity index (χ4v) is 4.00. The van der Waals surface area contributed by atoms with Gasteiger partial charge in [0.25, 0.3) is 5.91 Å². The molecule has 4 rings (SSSR count). The Hall–Kier alpha value is -1.92. The zero-order chi connectivity index (χ0) is 19.9. The highest BCUT2D eigenvalue weighted by Crippen LogP contribution is 2.27. The van der Waals surface area contributed by atoms with E-state index in [2.05, 4.69) is 5.32 Å². The Morgan fingerprint density at radius 1 is 1.36 bits per heavy atom. The van der Waals surface area contributed by atoms with Gasteiger partial charge in [0, 0.05) is 39.3 Å².